The van der Waals surface area contributed by atoms with Crippen molar-refractivity contribution in [3.05, 3.63) is 34.7 Å². The van der Waals surface area contributed by atoms with Crippen LogP contribution in [0.15, 0.2) is 34.5 Å². The summed E-state index contributed by atoms with van der Waals surface area (Å²) in [7, 11) is 0. The molecule has 0 fully saturated rings. The third kappa shape index (κ3) is 2.40. The zero-order valence-electron chi connectivity index (χ0n) is 8.30. The Balaban J connectivity index is 2.28. The SMILES string of the molecule is CSc1ccc(-c2csc(CO)n2)cc1. The third-order valence-corrected chi connectivity index (χ3v) is 3.65. The van der Waals surface area contributed by atoms with Crippen molar-refractivity contribution in [2.24, 2.45) is 0 Å². The van der Waals surface area contributed by atoms with Crippen molar-refractivity contribution < 1.29 is 5.11 Å². The summed E-state index contributed by atoms with van der Waals surface area (Å²) in [6.45, 7) is 0.0214. The molecule has 2 aromatic rings. The van der Waals surface area contributed by atoms with Gasteiger partial charge in [-0.2, -0.15) is 0 Å². The predicted molar refractivity (Wildman–Crippen MR) is 65.3 cm³/mol. The average molecular weight is 237 g/mol. The smallest absolute Gasteiger partial charge is 0.119 e. The molecule has 0 unspecified atom stereocenters. The van der Waals surface area contributed by atoms with Crippen LogP contribution in [0.3, 0.4) is 0 Å². The largest absolute Gasteiger partial charge is 0.389 e. The highest BCUT2D eigenvalue weighted by Crippen LogP contribution is 2.24. The molecule has 0 aliphatic rings. The number of aliphatic hydroxyl groups is 1. The summed E-state index contributed by atoms with van der Waals surface area (Å²) in [5.74, 6) is 0. The second kappa shape index (κ2) is 4.79. The van der Waals surface area contributed by atoms with Crippen LogP contribution in [0.4, 0.5) is 0 Å². The van der Waals surface area contributed by atoms with Crippen molar-refractivity contribution >= 4 is 23.1 Å². The van der Waals surface area contributed by atoms with E-state index in [1.807, 2.05) is 5.38 Å². The van der Waals surface area contributed by atoms with E-state index in [4.69, 9.17) is 5.11 Å². The van der Waals surface area contributed by atoms with Gasteiger partial charge in [0.1, 0.15) is 5.01 Å². The Morgan fingerprint density at radius 3 is 2.60 bits per heavy atom. The standard InChI is InChI=1S/C11H11NOS2/c1-14-9-4-2-8(3-5-9)10-7-15-11(6-13)12-10/h2-5,7,13H,6H2,1H3. The molecule has 2 rings (SSSR count). The van der Waals surface area contributed by atoms with Gasteiger partial charge in [0.25, 0.3) is 0 Å². The Hall–Kier alpha value is -0.840. The first-order valence-electron chi connectivity index (χ1n) is 4.53. The van der Waals surface area contributed by atoms with E-state index in [1.165, 1.54) is 16.2 Å². The summed E-state index contributed by atoms with van der Waals surface area (Å²) in [5.41, 5.74) is 2.04. The van der Waals surface area contributed by atoms with Crippen LogP contribution < -0.4 is 0 Å². The molecule has 0 bridgehead atoms. The van der Waals surface area contributed by atoms with Gasteiger partial charge >= 0.3 is 0 Å². The molecule has 0 aliphatic carbocycles. The lowest BCUT2D eigenvalue weighted by atomic mass is 10.2. The molecule has 4 heteroatoms. The first-order chi connectivity index (χ1) is 7.33. The molecular weight excluding hydrogens is 226 g/mol. The number of thioether (sulfide) groups is 1. The Bertz CT molecular complexity index is 436. The third-order valence-electron chi connectivity index (χ3n) is 2.07. The van der Waals surface area contributed by atoms with E-state index < -0.39 is 0 Å². The summed E-state index contributed by atoms with van der Waals surface area (Å²) >= 11 is 3.21. The van der Waals surface area contributed by atoms with Crippen LogP contribution in [0.5, 0.6) is 0 Å². The van der Waals surface area contributed by atoms with Crippen molar-refractivity contribution in [2.45, 2.75) is 11.5 Å². The van der Waals surface area contributed by atoms with Crippen molar-refractivity contribution in [3.8, 4) is 11.3 Å². The Kier molecular flexibility index (Phi) is 3.41. The molecule has 0 atom stereocenters. The van der Waals surface area contributed by atoms with Gasteiger partial charge in [0.05, 0.1) is 12.3 Å². The second-order valence-corrected chi connectivity index (χ2v) is 4.84. The molecule has 0 radical (unpaired) electrons. The minimum atomic E-state index is 0.0214. The molecule has 0 spiro atoms. The molecule has 0 amide bonds. The second-order valence-electron chi connectivity index (χ2n) is 3.01. The highest BCUT2D eigenvalue weighted by molar-refractivity contribution is 7.98. The number of rotatable bonds is 3. The number of benzene rings is 1. The average Bonchev–Trinajstić information content (AvgIpc) is 2.78. The van der Waals surface area contributed by atoms with Gasteiger partial charge in [-0.25, -0.2) is 4.98 Å². The molecule has 1 aromatic heterocycles. The molecule has 15 heavy (non-hydrogen) atoms. The maximum atomic E-state index is 8.92. The van der Waals surface area contributed by atoms with Crippen LogP contribution >= 0.6 is 23.1 Å². The van der Waals surface area contributed by atoms with Gasteiger partial charge in [0.15, 0.2) is 0 Å². The Morgan fingerprint density at radius 2 is 2.07 bits per heavy atom. The molecule has 78 valence electrons. The predicted octanol–water partition coefficient (Wildman–Crippen LogP) is 3.02. The van der Waals surface area contributed by atoms with E-state index in [1.54, 1.807) is 11.8 Å². The number of hydrogen-bond acceptors (Lipinski definition) is 4. The molecule has 1 heterocycles. The van der Waals surface area contributed by atoms with E-state index in [2.05, 4.69) is 35.5 Å². The highest BCUT2D eigenvalue weighted by Gasteiger charge is 2.03. The molecule has 1 N–H and O–H groups in total. The van der Waals surface area contributed by atoms with Crippen molar-refractivity contribution in [3.63, 3.8) is 0 Å². The van der Waals surface area contributed by atoms with Crippen molar-refractivity contribution in [2.75, 3.05) is 6.26 Å². The summed E-state index contributed by atoms with van der Waals surface area (Å²) in [6, 6.07) is 8.28. The number of hydrogen-bond donors (Lipinski definition) is 1. The number of aliphatic hydroxyl groups excluding tert-OH is 1. The fourth-order valence-corrected chi connectivity index (χ4v) is 2.35. The molecule has 1 aromatic carbocycles. The Morgan fingerprint density at radius 1 is 1.33 bits per heavy atom. The summed E-state index contributed by atoms with van der Waals surface area (Å²) in [5, 5.41) is 11.7. The number of aromatic nitrogens is 1. The maximum Gasteiger partial charge on any atom is 0.119 e. The van der Waals surface area contributed by atoms with Gasteiger partial charge in [0.2, 0.25) is 0 Å². The van der Waals surface area contributed by atoms with E-state index in [0.29, 0.717) is 0 Å². The quantitative estimate of drug-likeness (QED) is 0.833. The summed E-state index contributed by atoms with van der Waals surface area (Å²) in [4.78, 5) is 5.56. The number of thiazole rings is 1. The van der Waals surface area contributed by atoms with Crippen LogP contribution in [0.1, 0.15) is 5.01 Å². The van der Waals surface area contributed by atoms with Gasteiger partial charge in [0, 0.05) is 15.8 Å². The van der Waals surface area contributed by atoms with Crippen LogP contribution in [0.2, 0.25) is 0 Å². The topological polar surface area (TPSA) is 33.1 Å². The van der Waals surface area contributed by atoms with Gasteiger partial charge in [-0.15, -0.1) is 23.1 Å². The first-order valence-corrected chi connectivity index (χ1v) is 6.63. The van der Waals surface area contributed by atoms with Crippen LogP contribution in [0.25, 0.3) is 11.3 Å². The zero-order chi connectivity index (χ0) is 10.7. The van der Waals surface area contributed by atoms with Gasteiger partial charge in [-0.05, 0) is 18.4 Å². The minimum Gasteiger partial charge on any atom is -0.389 e. The first kappa shape index (κ1) is 10.7. The molecule has 0 saturated heterocycles. The van der Waals surface area contributed by atoms with Crippen molar-refractivity contribution in [1.29, 1.82) is 0 Å². The fourth-order valence-electron chi connectivity index (χ4n) is 1.28. The van der Waals surface area contributed by atoms with E-state index >= 15 is 0 Å². The monoisotopic (exact) mass is 237 g/mol. The minimum absolute atomic E-state index is 0.0214. The Labute approximate surface area is 97.0 Å². The van der Waals surface area contributed by atoms with Gasteiger partial charge in [-0.3, -0.25) is 0 Å². The van der Waals surface area contributed by atoms with Crippen LogP contribution in [-0.2, 0) is 6.61 Å². The van der Waals surface area contributed by atoms with Gasteiger partial charge < -0.3 is 5.11 Å². The van der Waals surface area contributed by atoms with Crippen molar-refractivity contribution in [1.82, 2.24) is 4.98 Å². The maximum absolute atomic E-state index is 8.92. The normalized spacial score (nSPS) is 10.5. The lowest BCUT2D eigenvalue weighted by Gasteiger charge is -1.98. The summed E-state index contributed by atoms with van der Waals surface area (Å²) < 4.78 is 0. The lowest BCUT2D eigenvalue weighted by molar-refractivity contribution is 0.281. The van der Waals surface area contributed by atoms with Crippen LogP contribution in [0, 0.1) is 0 Å². The van der Waals surface area contributed by atoms with E-state index in [9.17, 15) is 0 Å². The van der Waals surface area contributed by atoms with Crippen LogP contribution in [-0.4, -0.2) is 16.3 Å². The van der Waals surface area contributed by atoms with Gasteiger partial charge in [-0.1, -0.05) is 12.1 Å². The summed E-state index contributed by atoms with van der Waals surface area (Å²) in [6.07, 6.45) is 2.06. The van der Waals surface area contributed by atoms with E-state index in [-0.39, 0.29) is 6.61 Å². The van der Waals surface area contributed by atoms with E-state index in [0.717, 1.165) is 16.3 Å². The number of nitrogens with zero attached hydrogens (tertiary/aromatic N) is 1. The highest BCUT2D eigenvalue weighted by atomic mass is 32.2. The fraction of sp³-hybridized carbons (Fsp3) is 0.182. The lowest BCUT2D eigenvalue weighted by Crippen LogP contribution is -1.82. The zero-order valence-corrected chi connectivity index (χ0v) is 9.94. The molecule has 0 aliphatic heterocycles. The molecule has 0 saturated carbocycles. The molecular formula is C11H11NOS2. The molecule has 2 nitrogen and oxygen atoms in total.